The van der Waals surface area contributed by atoms with Crippen molar-refractivity contribution in [3.8, 4) is 0 Å². The topological polar surface area (TPSA) is 81.1 Å². The lowest BCUT2D eigenvalue weighted by molar-refractivity contribution is 0.100. The van der Waals surface area contributed by atoms with Gasteiger partial charge in [0.15, 0.2) is 0 Å². The molecule has 17 heavy (non-hydrogen) atoms. The molecule has 1 aliphatic heterocycles. The molecule has 1 aromatic rings. The summed E-state index contributed by atoms with van der Waals surface area (Å²) in [5, 5.41) is 3.29. The molecule has 1 heterocycles. The molecule has 0 aromatic heterocycles. The molecule has 0 spiro atoms. The van der Waals surface area contributed by atoms with E-state index in [0.717, 1.165) is 12.2 Å². The Labute approximate surface area is 105 Å². The van der Waals surface area contributed by atoms with Gasteiger partial charge < -0.3 is 16.8 Å². The van der Waals surface area contributed by atoms with Crippen LogP contribution in [0.5, 0.6) is 0 Å². The van der Waals surface area contributed by atoms with Crippen LogP contribution >= 0.6 is 11.8 Å². The minimum Gasteiger partial charge on any atom is -0.399 e. The van der Waals surface area contributed by atoms with Gasteiger partial charge in [0.2, 0.25) is 0 Å². The summed E-state index contributed by atoms with van der Waals surface area (Å²) in [6, 6.07) is 5.21. The average Bonchev–Trinajstić information content (AvgIpc) is 2.80. The normalized spacial score (nSPS) is 19.2. The van der Waals surface area contributed by atoms with Gasteiger partial charge >= 0.3 is 0 Å². The summed E-state index contributed by atoms with van der Waals surface area (Å²) in [4.78, 5) is 11.3. The second kappa shape index (κ2) is 5.31. The fourth-order valence-electron chi connectivity index (χ4n) is 1.92. The number of primary amides is 1. The Kier molecular flexibility index (Phi) is 3.78. The van der Waals surface area contributed by atoms with E-state index in [2.05, 4.69) is 5.32 Å². The number of thioether (sulfide) groups is 1. The van der Waals surface area contributed by atoms with Crippen LogP contribution in [0.3, 0.4) is 0 Å². The molecular weight excluding hydrogens is 234 g/mol. The number of nitrogens with one attached hydrogen (secondary N) is 1. The van der Waals surface area contributed by atoms with E-state index in [0.29, 0.717) is 17.2 Å². The lowest BCUT2D eigenvalue weighted by Crippen LogP contribution is -2.18. The third-order valence-electron chi connectivity index (χ3n) is 2.91. The maximum Gasteiger partial charge on any atom is 0.250 e. The predicted molar refractivity (Wildman–Crippen MR) is 73.3 cm³/mol. The molecule has 1 atom stereocenters. The van der Waals surface area contributed by atoms with Gasteiger partial charge in [0.25, 0.3) is 5.91 Å². The Morgan fingerprint density at radius 3 is 3.00 bits per heavy atom. The zero-order valence-electron chi connectivity index (χ0n) is 9.61. The van der Waals surface area contributed by atoms with Crippen molar-refractivity contribution in [1.29, 1.82) is 0 Å². The lowest BCUT2D eigenvalue weighted by Gasteiger charge is -2.14. The predicted octanol–water partition coefficient (Wildman–Crippen LogP) is 1.53. The summed E-state index contributed by atoms with van der Waals surface area (Å²) < 4.78 is 0. The Morgan fingerprint density at radius 2 is 2.35 bits per heavy atom. The van der Waals surface area contributed by atoms with Crippen molar-refractivity contribution in [2.24, 2.45) is 11.7 Å². The third kappa shape index (κ3) is 3.06. The summed E-state index contributed by atoms with van der Waals surface area (Å²) in [5.74, 6) is 2.66. The molecular formula is C12H17N3OS. The van der Waals surface area contributed by atoms with E-state index in [9.17, 15) is 4.79 Å². The van der Waals surface area contributed by atoms with Gasteiger partial charge in [-0.3, -0.25) is 4.79 Å². The van der Waals surface area contributed by atoms with Crippen molar-refractivity contribution in [3.05, 3.63) is 23.8 Å². The monoisotopic (exact) mass is 251 g/mol. The number of amides is 1. The first kappa shape index (κ1) is 12.1. The van der Waals surface area contributed by atoms with Crippen LogP contribution in [-0.2, 0) is 0 Å². The minimum absolute atomic E-state index is 0.444. The lowest BCUT2D eigenvalue weighted by atomic mass is 10.1. The summed E-state index contributed by atoms with van der Waals surface area (Å²) in [7, 11) is 0. The van der Waals surface area contributed by atoms with Crippen molar-refractivity contribution >= 4 is 29.0 Å². The zero-order valence-corrected chi connectivity index (χ0v) is 10.4. The number of hydrogen-bond acceptors (Lipinski definition) is 4. The Bertz CT molecular complexity index is 416. The number of anilines is 2. The van der Waals surface area contributed by atoms with Crippen LogP contribution in [0.15, 0.2) is 18.2 Å². The second-order valence-corrected chi connectivity index (χ2v) is 5.43. The summed E-state index contributed by atoms with van der Waals surface area (Å²) in [6.07, 6.45) is 1.23. The molecule has 2 rings (SSSR count). The van der Waals surface area contributed by atoms with Gasteiger partial charge in [-0.15, -0.1) is 0 Å². The SMILES string of the molecule is NC(=O)c1cc(N)ccc1NCC1CCSC1. The van der Waals surface area contributed by atoms with Crippen LogP contribution in [0.25, 0.3) is 0 Å². The summed E-state index contributed by atoms with van der Waals surface area (Å²) in [6.45, 7) is 0.886. The van der Waals surface area contributed by atoms with Crippen molar-refractivity contribution in [2.45, 2.75) is 6.42 Å². The van der Waals surface area contributed by atoms with Crippen LogP contribution in [0.4, 0.5) is 11.4 Å². The molecule has 0 saturated carbocycles. The van der Waals surface area contributed by atoms with E-state index in [1.54, 1.807) is 12.1 Å². The average molecular weight is 251 g/mol. The van der Waals surface area contributed by atoms with Crippen LogP contribution in [-0.4, -0.2) is 24.0 Å². The fourth-order valence-corrected chi connectivity index (χ4v) is 3.20. The van der Waals surface area contributed by atoms with E-state index in [4.69, 9.17) is 11.5 Å². The standard InChI is InChI=1S/C12H17N3OS/c13-9-1-2-11(10(5-9)12(14)16)15-6-8-3-4-17-7-8/h1-2,5,8,15H,3-4,6-7,13H2,(H2,14,16). The molecule has 1 aliphatic rings. The first-order valence-electron chi connectivity index (χ1n) is 5.68. The molecule has 0 bridgehead atoms. The Hall–Kier alpha value is -1.36. The maximum atomic E-state index is 11.3. The van der Waals surface area contributed by atoms with E-state index in [-0.39, 0.29) is 0 Å². The highest BCUT2D eigenvalue weighted by Crippen LogP contribution is 2.25. The molecule has 0 aliphatic carbocycles. The number of rotatable bonds is 4. The first-order valence-corrected chi connectivity index (χ1v) is 6.83. The van der Waals surface area contributed by atoms with Gasteiger partial charge in [-0.2, -0.15) is 11.8 Å². The van der Waals surface area contributed by atoms with Gasteiger partial charge in [0.1, 0.15) is 0 Å². The Balaban J connectivity index is 2.06. The quantitative estimate of drug-likeness (QED) is 0.709. The molecule has 4 nitrogen and oxygen atoms in total. The van der Waals surface area contributed by atoms with Gasteiger partial charge in [-0.25, -0.2) is 0 Å². The van der Waals surface area contributed by atoms with E-state index in [1.807, 2.05) is 17.8 Å². The van der Waals surface area contributed by atoms with E-state index in [1.165, 1.54) is 17.9 Å². The highest BCUT2D eigenvalue weighted by Gasteiger charge is 2.16. The number of carbonyl (C=O) groups is 1. The van der Waals surface area contributed by atoms with Gasteiger partial charge in [-0.05, 0) is 42.0 Å². The Morgan fingerprint density at radius 1 is 1.53 bits per heavy atom. The number of carbonyl (C=O) groups excluding carboxylic acids is 1. The van der Waals surface area contributed by atoms with Crippen molar-refractivity contribution in [3.63, 3.8) is 0 Å². The smallest absolute Gasteiger partial charge is 0.250 e. The molecule has 1 aromatic carbocycles. The highest BCUT2D eigenvalue weighted by molar-refractivity contribution is 7.99. The maximum absolute atomic E-state index is 11.3. The van der Waals surface area contributed by atoms with Crippen LogP contribution in [0.1, 0.15) is 16.8 Å². The zero-order chi connectivity index (χ0) is 12.3. The molecule has 92 valence electrons. The second-order valence-electron chi connectivity index (χ2n) is 4.28. The van der Waals surface area contributed by atoms with Crippen LogP contribution < -0.4 is 16.8 Å². The molecule has 5 heteroatoms. The first-order chi connectivity index (χ1) is 8.16. The van der Waals surface area contributed by atoms with Gasteiger partial charge in [-0.1, -0.05) is 0 Å². The minimum atomic E-state index is -0.444. The molecule has 5 N–H and O–H groups in total. The fraction of sp³-hybridized carbons (Fsp3) is 0.417. The number of hydrogen-bond donors (Lipinski definition) is 3. The largest absolute Gasteiger partial charge is 0.399 e. The van der Waals surface area contributed by atoms with Crippen molar-refractivity contribution in [1.82, 2.24) is 0 Å². The van der Waals surface area contributed by atoms with Crippen molar-refractivity contribution < 1.29 is 4.79 Å². The number of nitrogen functional groups attached to an aromatic ring is 1. The highest BCUT2D eigenvalue weighted by atomic mass is 32.2. The third-order valence-corrected chi connectivity index (χ3v) is 4.15. The molecule has 1 unspecified atom stereocenters. The van der Waals surface area contributed by atoms with Gasteiger partial charge in [0.05, 0.1) is 5.56 Å². The van der Waals surface area contributed by atoms with Crippen molar-refractivity contribution in [2.75, 3.05) is 29.1 Å². The number of nitrogens with two attached hydrogens (primary N) is 2. The molecule has 0 radical (unpaired) electrons. The van der Waals surface area contributed by atoms with E-state index < -0.39 is 5.91 Å². The van der Waals surface area contributed by atoms with Crippen LogP contribution in [0.2, 0.25) is 0 Å². The molecule has 1 fully saturated rings. The number of benzene rings is 1. The van der Waals surface area contributed by atoms with Crippen LogP contribution in [0, 0.1) is 5.92 Å². The molecule has 1 amide bonds. The van der Waals surface area contributed by atoms with E-state index >= 15 is 0 Å². The summed E-state index contributed by atoms with van der Waals surface area (Å²) >= 11 is 1.98. The van der Waals surface area contributed by atoms with Gasteiger partial charge in [0, 0.05) is 17.9 Å². The molecule has 1 saturated heterocycles. The summed E-state index contributed by atoms with van der Waals surface area (Å²) in [5.41, 5.74) is 12.8.